The van der Waals surface area contributed by atoms with E-state index in [-0.39, 0.29) is 17.8 Å². The van der Waals surface area contributed by atoms with E-state index in [1.54, 1.807) is 56.5 Å². The van der Waals surface area contributed by atoms with Gasteiger partial charge >= 0.3 is 5.97 Å². The summed E-state index contributed by atoms with van der Waals surface area (Å²) in [5, 5.41) is 0.430. The second-order valence-corrected chi connectivity index (χ2v) is 5.19. The molecule has 5 heteroatoms. The summed E-state index contributed by atoms with van der Waals surface area (Å²) in [6.45, 7) is 1.71. The molecule has 0 saturated heterocycles. The van der Waals surface area contributed by atoms with Crippen molar-refractivity contribution < 1.29 is 18.7 Å². The topological polar surface area (TPSA) is 65.7 Å². The third kappa shape index (κ3) is 3.01. The van der Waals surface area contributed by atoms with Crippen molar-refractivity contribution in [2.45, 2.75) is 13.3 Å². The number of hydrogen-bond acceptors (Lipinski definition) is 5. The molecule has 0 atom stereocenters. The molecule has 2 aromatic carbocycles. The summed E-state index contributed by atoms with van der Waals surface area (Å²) in [6.07, 6.45) is 1.69. The van der Waals surface area contributed by atoms with Crippen LogP contribution in [0.1, 0.15) is 13.3 Å². The van der Waals surface area contributed by atoms with E-state index in [9.17, 15) is 9.59 Å². The fourth-order valence-corrected chi connectivity index (χ4v) is 2.35. The predicted molar refractivity (Wildman–Crippen MR) is 90.4 cm³/mol. The SMILES string of the molecule is CCC(=O)Oc1ccc2c(=O)c(-c3ccc(OC)cc3)coc2c1. The lowest BCUT2D eigenvalue weighted by atomic mass is 10.1. The lowest BCUT2D eigenvalue weighted by molar-refractivity contribution is -0.134. The summed E-state index contributed by atoms with van der Waals surface area (Å²) in [7, 11) is 1.59. The zero-order valence-electron chi connectivity index (χ0n) is 13.4. The van der Waals surface area contributed by atoms with Crippen LogP contribution in [-0.4, -0.2) is 13.1 Å². The van der Waals surface area contributed by atoms with Crippen LogP contribution in [0.25, 0.3) is 22.1 Å². The highest BCUT2D eigenvalue weighted by molar-refractivity contribution is 5.83. The monoisotopic (exact) mass is 324 g/mol. The summed E-state index contributed by atoms with van der Waals surface area (Å²) in [5.41, 5.74) is 1.44. The Bertz CT molecular complexity index is 938. The molecule has 0 saturated carbocycles. The van der Waals surface area contributed by atoms with E-state index in [1.807, 2.05) is 0 Å². The molecular formula is C19H16O5. The van der Waals surface area contributed by atoms with Crippen LogP contribution in [0.5, 0.6) is 11.5 Å². The Morgan fingerprint density at radius 2 is 1.79 bits per heavy atom. The van der Waals surface area contributed by atoms with Crippen LogP contribution in [0.3, 0.4) is 0 Å². The fraction of sp³-hybridized carbons (Fsp3) is 0.158. The number of fused-ring (bicyclic) bond motifs is 1. The molecule has 5 nitrogen and oxygen atoms in total. The Morgan fingerprint density at radius 3 is 2.46 bits per heavy atom. The molecule has 0 aliphatic rings. The normalized spacial score (nSPS) is 10.6. The van der Waals surface area contributed by atoms with Crippen molar-refractivity contribution in [2.24, 2.45) is 0 Å². The highest BCUT2D eigenvalue weighted by atomic mass is 16.5. The number of esters is 1. The first-order chi connectivity index (χ1) is 11.6. The molecule has 1 heterocycles. The van der Waals surface area contributed by atoms with Gasteiger partial charge in [0.25, 0.3) is 0 Å². The van der Waals surface area contributed by atoms with Gasteiger partial charge in [0, 0.05) is 12.5 Å². The first-order valence-corrected chi connectivity index (χ1v) is 7.53. The van der Waals surface area contributed by atoms with E-state index in [0.29, 0.717) is 28.0 Å². The maximum atomic E-state index is 12.7. The number of carbonyl (C=O) groups excluding carboxylic acids is 1. The highest BCUT2D eigenvalue weighted by Gasteiger charge is 2.11. The van der Waals surface area contributed by atoms with Gasteiger partial charge in [0.15, 0.2) is 5.43 Å². The second kappa shape index (κ2) is 6.58. The molecule has 0 aliphatic heterocycles. The third-order valence-corrected chi connectivity index (χ3v) is 3.67. The van der Waals surface area contributed by atoms with E-state index in [1.165, 1.54) is 6.26 Å². The van der Waals surface area contributed by atoms with Crippen LogP contribution >= 0.6 is 0 Å². The second-order valence-electron chi connectivity index (χ2n) is 5.19. The number of hydrogen-bond donors (Lipinski definition) is 0. The molecule has 0 aliphatic carbocycles. The molecule has 122 valence electrons. The van der Waals surface area contributed by atoms with Gasteiger partial charge in [-0.2, -0.15) is 0 Å². The van der Waals surface area contributed by atoms with Crippen molar-refractivity contribution in [3.63, 3.8) is 0 Å². The van der Waals surface area contributed by atoms with Gasteiger partial charge < -0.3 is 13.9 Å². The lowest BCUT2D eigenvalue weighted by Gasteiger charge is -2.06. The summed E-state index contributed by atoms with van der Waals surface area (Å²) in [5.74, 6) is 0.729. The smallest absolute Gasteiger partial charge is 0.310 e. The number of carbonyl (C=O) groups is 1. The Hall–Kier alpha value is -3.08. The average Bonchev–Trinajstić information content (AvgIpc) is 2.62. The molecule has 0 bridgehead atoms. The summed E-state index contributed by atoms with van der Waals surface area (Å²) < 4.78 is 15.8. The summed E-state index contributed by atoms with van der Waals surface area (Å²) in [6, 6.07) is 11.9. The van der Waals surface area contributed by atoms with Crippen molar-refractivity contribution in [3.8, 4) is 22.6 Å². The minimum Gasteiger partial charge on any atom is -0.497 e. The molecule has 0 fully saturated rings. The maximum absolute atomic E-state index is 12.7. The van der Waals surface area contributed by atoms with Crippen molar-refractivity contribution >= 4 is 16.9 Å². The largest absolute Gasteiger partial charge is 0.497 e. The van der Waals surface area contributed by atoms with Crippen molar-refractivity contribution in [1.29, 1.82) is 0 Å². The van der Waals surface area contributed by atoms with Gasteiger partial charge in [0.05, 0.1) is 18.1 Å². The minimum absolute atomic E-state index is 0.144. The Kier molecular flexibility index (Phi) is 4.33. The number of methoxy groups -OCH3 is 1. The minimum atomic E-state index is -0.341. The lowest BCUT2D eigenvalue weighted by Crippen LogP contribution is -2.07. The van der Waals surface area contributed by atoms with Gasteiger partial charge in [-0.25, -0.2) is 0 Å². The molecule has 0 N–H and O–H groups in total. The molecule has 3 rings (SSSR count). The van der Waals surface area contributed by atoms with Gasteiger partial charge in [-0.15, -0.1) is 0 Å². The van der Waals surface area contributed by atoms with Crippen LogP contribution in [0, 0.1) is 0 Å². The predicted octanol–water partition coefficient (Wildman–Crippen LogP) is 3.78. The average molecular weight is 324 g/mol. The van der Waals surface area contributed by atoms with Crippen molar-refractivity contribution in [1.82, 2.24) is 0 Å². The standard InChI is InChI=1S/C19H16O5/c1-3-18(20)24-14-8-9-15-17(10-14)23-11-16(19(15)21)12-4-6-13(22-2)7-5-12/h4-11H,3H2,1-2H3. The van der Waals surface area contributed by atoms with Crippen LogP contribution in [-0.2, 0) is 4.79 Å². The zero-order valence-corrected chi connectivity index (χ0v) is 13.4. The van der Waals surface area contributed by atoms with Crippen molar-refractivity contribution in [3.05, 3.63) is 59.0 Å². The quantitative estimate of drug-likeness (QED) is 0.540. The molecule has 0 radical (unpaired) electrons. The number of ether oxygens (including phenoxy) is 2. The van der Waals surface area contributed by atoms with Gasteiger partial charge in [-0.3, -0.25) is 9.59 Å². The van der Waals surface area contributed by atoms with Crippen LogP contribution in [0.15, 0.2) is 57.9 Å². The first-order valence-electron chi connectivity index (χ1n) is 7.53. The highest BCUT2D eigenvalue weighted by Crippen LogP contribution is 2.24. The van der Waals surface area contributed by atoms with E-state index in [0.717, 1.165) is 5.56 Å². The van der Waals surface area contributed by atoms with Crippen LogP contribution in [0.2, 0.25) is 0 Å². The summed E-state index contributed by atoms with van der Waals surface area (Å²) >= 11 is 0. The zero-order chi connectivity index (χ0) is 17.1. The van der Waals surface area contributed by atoms with E-state index in [2.05, 4.69) is 0 Å². The molecule has 0 unspecified atom stereocenters. The van der Waals surface area contributed by atoms with Gasteiger partial charge in [0.1, 0.15) is 23.3 Å². The number of rotatable bonds is 4. The molecule has 0 amide bonds. The maximum Gasteiger partial charge on any atom is 0.310 e. The van der Waals surface area contributed by atoms with Gasteiger partial charge in [-0.1, -0.05) is 19.1 Å². The Balaban J connectivity index is 2.03. The van der Waals surface area contributed by atoms with Gasteiger partial charge in [0.2, 0.25) is 0 Å². The van der Waals surface area contributed by atoms with E-state index in [4.69, 9.17) is 13.9 Å². The van der Waals surface area contributed by atoms with Crippen LogP contribution < -0.4 is 14.9 Å². The number of benzene rings is 2. The fourth-order valence-electron chi connectivity index (χ4n) is 2.35. The first kappa shape index (κ1) is 15.8. The molecule has 3 aromatic rings. The third-order valence-electron chi connectivity index (χ3n) is 3.67. The van der Waals surface area contributed by atoms with Crippen molar-refractivity contribution in [2.75, 3.05) is 7.11 Å². The van der Waals surface area contributed by atoms with E-state index < -0.39 is 0 Å². The Morgan fingerprint density at radius 1 is 1.08 bits per heavy atom. The Labute approximate surface area is 138 Å². The summed E-state index contributed by atoms with van der Waals surface area (Å²) in [4.78, 5) is 24.0. The molecule has 1 aromatic heterocycles. The van der Waals surface area contributed by atoms with Gasteiger partial charge in [-0.05, 0) is 29.8 Å². The molecular weight excluding hydrogens is 308 g/mol. The molecule has 24 heavy (non-hydrogen) atoms. The molecule has 0 spiro atoms. The van der Waals surface area contributed by atoms with E-state index >= 15 is 0 Å². The van der Waals surface area contributed by atoms with Crippen LogP contribution in [0.4, 0.5) is 0 Å².